The number of fused-ring (bicyclic) bond motifs is 1. The van der Waals surface area contributed by atoms with Crippen molar-refractivity contribution >= 4 is 23.0 Å². The van der Waals surface area contributed by atoms with Crippen LogP contribution >= 0.6 is 11.9 Å². The first kappa shape index (κ1) is 26.9. The number of nitrogens with zero attached hydrogens (tertiary/aromatic N) is 5. The zero-order valence-electron chi connectivity index (χ0n) is 22.3. The van der Waals surface area contributed by atoms with Crippen molar-refractivity contribution in [2.45, 2.75) is 69.0 Å². The predicted octanol–water partition coefficient (Wildman–Crippen LogP) is 7.17. The second-order valence-corrected chi connectivity index (χ2v) is 11.4. The molecule has 0 amide bonds. The van der Waals surface area contributed by atoms with Crippen molar-refractivity contribution < 1.29 is 4.39 Å². The van der Waals surface area contributed by atoms with Gasteiger partial charge in [-0.1, -0.05) is 43.5 Å². The summed E-state index contributed by atoms with van der Waals surface area (Å²) in [7, 11) is 2.28. The molecule has 38 heavy (non-hydrogen) atoms. The average Bonchev–Trinajstić information content (AvgIpc) is 3.30. The van der Waals surface area contributed by atoms with E-state index in [0.29, 0.717) is 12.1 Å². The lowest BCUT2D eigenvalue weighted by atomic mass is 9.94. The molecule has 0 aliphatic heterocycles. The molecule has 0 saturated heterocycles. The van der Waals surface area contributed by atoms with Gasteiger partial charge < -0.3 is 4.90 Å². The molecule has 0 radical (unpaired) electrons. The van der Waals surface area contributed by atoms with E-state index < -0.39 is 0 Å². The first-order valence-electron chi connectivity index (χ1n) is 13.9. The van der Waals surface area contributed by atoms with Crippen molar-refractivity contribution in [2.24, 2.45) is 0 Å². The maximum Gasteiger partial charge on any atom is 0.217 e. The summed E-state index contributed by atoms with van der Waals surface area (Å²) < 4.78 is 16.7. The van der Waals surface area contributed by atoms with Crippen LogP contribution < -0.4 is 0 Å². The molecule has 4 aromatic rings. The van der Waals surface area contributed by atoms with Crippen LogP contribution in [0.15, 0.2) is 78.1 Å². The summed E-state index contributed by atoms with van der Waals surface area (Å²) in [4.78, 5) is 14.7. The lowest BCUT2D eigenvalue weighted by Crippen LogP contribution is -2.34. The van der Waals surface area contributed by atoms with Crippen LogP contribution in [-0.4, -0.2) is 49.9 Å². The lowest BCUT2D eigenvalue weighted by molar-refractivity contribution is 0.182. The Kier molecular flexibility index (Phi) is 9.44. The van der Waals surface area contributed by atoms with Gasteiger partial charge in [0.05, 0.1) is 0 Å². The molecule has 200 valence electrons. The fourth-order valence-corrected chi connectivity index (χ4v) is 6.44. The summed E-state index contributed by atoms with van der Waals surface area (Å²) in [5.74, 6) is -0.377. The van der Waals surface area contributed by atoms with E-state index >= 15 is 0 Å². The summed E-state index contributed by atoms with van der Waals surface area (Å²) in [5, 5.41) is 1.14. The van der Waals surface area contributed by atoms with Gasteiger partial charge in [-0.15, -0.1) is 0 Å². The number of benzene rings is 1. The highest BCUT2D eigenvalue weighted by Gasteiger charge is 2.19. The SMILES string of the molecule is CN(CCCCN(Cc1cccnc1F)Cc1cn(Sc2ccccc2)c2ncccc12)C1CCCCC1. The standard InChI is InChI=1S/C31H38FN5S/c1-35(27-13-4-2-5-14-27)20-8-9-21-36(22-25-12-10-18-33-30(25)32)23-26-24-37(31-29(26)17-11-19-34-31)38-28-15-6-3-7-16-28/h3,6-7,10-12,15-19,24,27H,2,4-5,8-9,13-14,20-23H2,1H3. The van der Waals surface area contributed by atoms with Gasteiger partial charge in [-0.05, 0) is 93.7 Å². The van der Waals surface area contributed by atoms with Gasteiger partial charge in [0, 0.05) is 53.6 Å². The van der Waals surface area contributed by atoms with Gasteiger partial charge in [-0.2, -0.15) is 4.39 Å². The Morgan fingerprint density at radius 2 is 1.61 bits per heavy atom. The Morgan fingerprint density at radius 1 is 0.868 bits per heavy atom. The molecule has 0 atom stereocenters. The van der Waals surface area contributed by atoms with Gasteiger partial charge in [0.15, 0.2) is 5.65 Å². The minimum atomic E-state index is -0.377. The second-order valence-electron chi connectivity index (χ2n) is 10.4. The van der Waals surface area contributed by atoms with E-state index in [9.17, 15) is 4.39 Å². The van der Waals surface area contributed by atoms with E-state index in [0.717, 1.165) is 54.4 Å². The number of hydrogen-bond acceptors (Lipinski definition) is 5. The highest BCUT2D eigenvalue weighted by Crippen LogP contribution is 2.29. The van der Waals surface area contributed by atoms with E-state index in [1.54, 1.807) is 11.9 Å². The van der Waals surface area contributed by atoms with Crippen molar-refractivity contribution in [3.05, 3.63) is 90.3 Å². The van der Waals surface area contributed by atoms with Gasteiger partial charge in [0.1, 0.15) is 0 Å². The molecule has 1 aliphatic rings. The van der Waals surface area contributed by atoms with Gasteiger partial charge in [0.2, 0.25) is 5.95 Å². The molecule has 1 aromatic carbocycles. The fraction of sp³-hybridized carbons (Fsp3) is 0.419. The largest absolute Gasteiger partial charge is 0.303 e. The molecule has 1 fully saturated rings. The quantitative estimate of drug-likeness (QED) is 0.143. The summed E-state index contributed by atoms with van der Waals surface area (Å²) in [6, 6.07) is 18.9. The molecule has 3 heterocycles. The van der Waals surface area contributed by atoms with Crippen LogP contribution in [0.1, 0.15) is 56.1 Å². The van der Waals surface area contributed by atoms with Crippen molar-refractivity contribution in [2.75, 3.05) is 20.1 Å². The number of pyridine rings is 2. The van der Waals surface area contributed by atoms with Gasteiger partial charge in [0.25, 0.3) is 0 Å². The molecule has 3 aromatic heterocycles. The van der Waals surface area contributed by atoms with E-state index in [1.807, 2.05) is 30.5 Å². The summed E-state index contributed by atoms with van der Waals surface area (Å²) in [6.07, 6.45) is 14.6. The minimum absolute atomic E-state index is 0.377. The zero-order valence-corrected chi connectivity index (χ0v) is 23.1. The fourth-order valence-electron chi connectivity index (χ4n) is 5.52. The van der Waals surface area contributed by atoms with Crippen molar-refractivity contribution in [3.63, 3.8) is 0 Å². The van der Waals surface area contributed by atoms with Crippen molar-refractivity contribution in [1.82, 2.24) is 23.7 Å². The first-order valence-corrected chi connectivity index (χ1v) is 14.6. The number of aromatic nitrogens is 3. The van der Waals surface area contributed by atoms with Gasteiger partial charge >= 0.3 is 0 Å². The highest BCUT2D eigenvalue weighted by molar-refractivity contribution is 7.98. The molecule has 7 heteroatoms. The van der Waals surface area contributed by atoms with Gasteiger partial charge in [-0.25, -0.2) is 9.97 Å². The molecule has 1 aliphatic carbocycles. The third-order valence-corrected chi connectivity index (χ3v) is 8.58. The molecular formula is C31H38FN5S. The molecule has 0 unspecified atom stereocenters. The number of unbranched alkanes of at least 4 members (excludes halogenated alkanes) is 1. The third-order valence-electron chi connectivity index (χ3n) is 7.62. The topological polar surface area (TPSA) is 37.2 Å². The normalized spacial score (nSPS) is 14.6. The van der Waals surface area contributed by atoms with Crippen molar-refractivity contribution in [3.8, 4) is 0 Å². The maximum atomic E-state index is 14.5. The molecule has 5 rings (SSSR count). The molecule has 1 saturated carbocycles. The van der Waals surface area contributed by atoms with Crippen LogP contribution in [0.3, 0.4) is 0 Å². The van der Waals surface area contributed by atoms with Crippen LogP contribution in [0.2, 0.25) is 0 Å². The number of halogens is 1. The highest BCUT2D eigenvalue weighted by atomic mass is 32.2. The summed E-state index contributed by atoms with van der Waals surface area (Å²) in [5.41, 5.74) is 2.81. The van der Waals surface area contributed by atoms with Crippen LogP contribution in [0.4, 0.5) is 4.39 Å². The van der Waals surface area contributed by atoms with Crippen LogP contribution in [0.25, 0.3) is 11.0 Å². The summed E-state index contributed by atoms with van der Waals surface area (Å²) in [6.45, 7) is 3.30. The Balaban J connectivity index is 1.30. The first-order chi connectivity index (χ1) is 18.7. The van der Waals surface area contributed by atoms with Gasteiger partial charge in [-0.3, -0.25) is 8.87 Å². The Bertz CT molecular complexity index is 1290. The molecule has 0 spiro atoms. The molecular weight excluding hydrogens is 493 g/mol. The smallest absolute Gasteiger partial charge is 0.217 e. The van der Waals surface area contributed by atoms with E-state index in [2.05, 4.69) is 62.3 Å². The predicted molar refractivity (Wildman–Crippen MR) is 154 cm³/mol. The Labute approximate surface area is 230 Å². The number of rotatable bonds is 12. The average molecular weight is 532 g/mol. The third kappa shape index (κ3) is 7.01. The summed E-state index contributed by atoms with van der Waals surface area (Å²) >= 11 is 1.67. The Morgan fingerprint density at radius 3 is 2.42 bits per heavy atom. The zero-order chi connectivity index (χ0) is 26.2. The monoisotopic (exact) mass is 531 g/mol. The minimum Gasteiger partial charge on any atom is -0.303 e. The van der Waals surface area contributed by atoms with Crippen LogP contribution in [0.5, 0.6) is 0 Å². The van der Waals surface area contributed by atoms with Crippen LogP contribution in [0, 0.1) is 5.95 Å². The number of hydrogen-bond donors (Lipinski definition) is 0. The van der Waals surface area contributed by atoms with E-state index in [-0.39, 0.29) is 5.95 Å². The Hall–Kier alpha value is -2.74. The molecule has 0 bridgehead atoms. The molecule has 0 N–H and O–H groups in total. The van der Waals surface area contributed by atoms with E-state index in [4.69, 9.17) is 4.98 Å². The second kappa shape index (κ2) is 13.4. The van der Waals surface area contributed by atoms with Crippen molar-refractivity contribution in [1.29, 1.82) is 0 Å². The molecule has 5 nitrogen and oxygen atoms in total. The lowest BCUT2D eigenvalue weighted by Gasteiger charge is -2.31. The van der Waals surface area contributed by atoms with E-state index in [1.165, 1.54) is 43.9 Å². The van der Waals surface area contributed by atoms with Crippen LogP contribution in [-0.2, 0) is 13.1 Å². The maximum absolute atomic E-state index is 14.5.